The first-order valence-corrected chi connectivity index (χ1v) is 10.9. The Bertz CT molecular complexity index is 1140. The van der Waals surface area contributed by atoms with Gasteiger partial charge >= 0.3 is 0 Å². The predicted molar refractivity (Wildman–Crippen MR) is 105 cm³/mol. The monoisotopic (exact) mass is 418 g/mol. The third kappa shape index (κ3) is 3.58. The second kappa shape index (κ2) is 7.46. The molecular formula is C18H18N4O4S2. The van der Waals surface area contributed by atoms with E-state index in [0.717, 1.165) is 17.5 Å². The Kier molecular flexibility index (Phi) is 5.00. The lowest BCUT2D eigenvalue weighted by molar-refractivity contribution is -0.127. The van der Waals surface area contributed by atoms with Gasteiger partial charge < -0.3 is 9.32 Å². The van der Waals surface area contributed by atoms with Crippen molar-refractivity contribution in [2.75, 3.05) is 26.2 Å². The van der Waals surface area contributed by atoms with Crippen LogP contribution in [0.3, 0.4) is 0 Å². The average Bonchev–Trinajstić information content (AvgIpc) is 3.34. The molecule has 0 bridgehead atoms. The van der Waals surface area contributed by atoms with E-state index in [1.54, 1.807) is 35.2 Å². The summed E-state index contributed by atoms with van der Waals surface area (Å²) in [4.78, 5) is 14.1. The summed E-state index contributed by atoms with van der Waals surface area (Å²) in [5, 5.41) is 0. The molecule has 8 nitrogen and oxygen atoms in total. The van der Waals surface area contributed by atoms with Gasteiger partial charge in [-0.2, -0.15) is 13.1 Å². The van der Waals surface area contributed by atoms with Crippen LogP contribution in [0.5, 0.6) is 0 Å². The van der Waals surface area contributed by atoms with Crippen molar-refractivity contribution in [3.05, 3.63) is 47.9 Å². The quantitative estimate of drug-likeness (QED) is 0.602. The molecule has 3 heterocycles. The van der Waals surface area contributed by atoms with Crippen molar-refractivity contribution in [3.8, 4) is 0 Å². The van der Waals surface area contributed by atoms with Crippen molar-refractivity contribution in [2.45, 2.75) is 11.8 Å². The second-order valence-electron chi connectivity index (χ2n) is 6.40. The number of carbonyl (C=O) groups is 1. The van der Waals surface area contributed by atoms with Gasteiger partial charge in [0.05, 0.1) is 11.7 Å². The number of carbonyl (C=O) groups excluding carboxylic acids is 1. The zero-order valence-electron chi connectivity index (χ0n) is 15.1. The van der Waals surface area contributed by atoms with Crippen LogP contribution in [-0.4, -0.2) is 58.5 Å². The third-order valence-corrected chi connectivity index (χ3v) is 7.04. The Morgan fingerprint density at radius 3 is 2.64 bits per heavy atom. The smallest absolute Gasteiger partial charge is 0.246 e. The van der Waals surface area contributed by atoms with Gasteiger partial charge in [-0.05, 0) is 37.3 Å². The van der Waals surface area contributed by atoms with E-state index in [2.05, 4.69) is 8.75 Å². The van der Waals surface area contributed by atoms with Crippen molar-refractivity contribution in [1.29, 1.82) is 0 Å². The van der Waals surface area contributed by atoms with Crippen LogP contribution in [0.15, 0.2) is 45.7 Å². The maximum Gasteiger partial charge on any atom is 0.246 e. The van der Waals surface area contributed by atoms with E-state index in [0.29, 0.717) is 29.9 Å². The molecule has 0 saturated carbocycles. The van der Waals surface area contributed by atoms with Gasteiger partial charge in [-0.3, -0.25) is 4.79 Å². The summed E-state index contributed by atoms with van der Waals surface area (Å²) < 4.78 is 41.1. The number of sulfonamides is 1. The van der Waals surface area contributed by atoms with Gasteiger partial charge in [0, 0.05) is 32.3 Å². The molecule has 4 rings (SSSR count). The highest BCUT2D eigenvalue weighted by Gasteiger charge is 2.31. The van der Waals surface area contributed by atoms with Gasteiger partial charge in [-0.15, -0.1) is 0 Å². The first kappa shape index (κ1) is 18.8. The maximum absolute atomic E-state index is 13.0. The fourth-order valence-electron chi connectivity index (χ4n) is 3.08. The average molecular weight is 419 g/mol. The predicted octanol–water partition coefficient (Wildman–Crippen LogP) is 2.14. The lowest BCUT2D eigenvalue weighted by atomic mass is 10.3. The van der Waals surface area contributed by atoms with Gasteiger partial charge in [-0.1, -0.05) is 6.07 Å². The van der Waals surface area contributed by atoms with Crippen molar-refractivity contribution in [2.24, 2.45) is 0 Å². The Hall–Kier alpha value is -2.56. The number of rotatable bonds is 4. The number of hydrogen-bond donors (Lipinski definition) is 0. The molecule has 0 N–H and O–H groups in total. The lowest BCUT2D eigenvalue weighted by Crippen LogP contribution is -2.50. The molecule has 0 aliphatic carbocycles. The maximum atomic E-state index is 13.0. The SMILES string of the molecule is Cc1ccc(/C=C/C(=O)N2CCN(S(=O)(=O)c3cccc4nsnc34)CC2)o1. The van der Waals surface area contributed by atoms with E-state index in [-0.39, 0.29) is 23.9 Å². The summed E-state index contributed by atoms with van der Waals surface area (Å²) in [6.45, 7) is 2.95. The molecule has 10 heteroatoms. The van der Waals surface area contributed by atoms with E-state index in [1.165, 1.54) is 10.4 Å². The fourth-order valence-corrected chi connectivity index (χ4v) is 5.25. The molecule has 1 aromatic carbocycles. The molecule has 146 valence electrons. The van der Waals surface area contributed by atoms with Crippen LogP contribution in [0.2, 0.25) is 0 Å². The summed E-state index contributed by atoms with van der Waals surface area (Å²) in [5.41, 5.74) is 0.959. The molecule has 1 fully saturated rings. The van der Waals surface area contributed by atoms with Crippen molar-refractivity contribution >= 4 is 44.8 Å². The number of aryl methyl sites for hydroxylation is 1. The fraction of sp³-hybridized carbons (Fsp3) is 0.278. The molecule has 0 atom stereocenters. The third-order valence-electron chi connectivity index (χ3n) is 4.57. The van der Waals surface area contributed by atoms with Gasteiger partial charge in [0.15, 0.2) is 0 Å². The second-order valence-corrected chi connectivity index (χ2v) is 8.83. The molecule has 0 unspecified atom stereocenters. The van der Waals surface area contributed by atoms with Crippen molar-refractivity contribution in [3.63, 3.8) is 0 Å². The van der Waals surface area contributed by atoms with Crippen molar-refractivity contribution in [1.82, 2.24) is 18.0 Å². The van der Waals surface area contributed by atoms with Crippen LogP contribution in [0.4, 0.5) is 0 Å². The van der Waals surface area contributed by atoms with Gasteiger partial charge in [0.1, 0.15) is 27.4 Å². The molecule has 1 aliphatic heterocycles. The summed E-state index contributed by atoms with van der Waals surface area (Å²) in [5.74, 6) is 1.21. The van der Waals surface area contributed by atoms with E-state index in [1.807, 2.05) is 13.0 Å². The Morgan fingerprint density at radius 1 is 1.14 bits per heavy atom. The zero-order valence-corrected chi connectivity index (χ0v) is 16.7. The first-order valence-electron chi connectivity index (χ1n) is 8.70. The topological polar surface area (TPSA) is 96.6 Å². The molecule has 2 aromatic heterocycles. The minimum absolute atomic E-state index is 0.159. The van der Waals surface area contributed by atoms with Gasteiger partial charge in [0.2, 0.25) is 15.9 Å². The highest BCUT2D eigenvalue weighted by molar-refractivity contribution is 7.89. The van der Waals surface area contributed by atoms with Gasteiger partial charge in [0.25, 0.3) is 0 Å². The molecule has 0 spiro atoms. The number of benzene rings is 1. The van der Waals surface area contributed by atoms with E-state index >= 15 is 0 Å². The number of amides is 1. The minimum atomic E-state index is -3.69. The Labute approximate surface area is 166 Å². The number of nitrogens with zero attached hydrogens (tertiary/aromatic N) is 4. The summed E-state index contributed by atoms with van der Waals surface area (Å²) >= 11 is 0.988. The Morgan fingerprint density at radius 2 is 1.93 bits per heavy atom. The van der Waals surface area contributed by atoms with Crippen LogP contribution >= 0.6 is 11.7 Å². The van der Waals surface area contributed by atoms with Gasteiger partial charge in [-0.25, -0.2) is 8.42 Å². The first-order chi connectivity index (χ1) is 13.4. The van der Waals surface area contributed by atoms with Crippen LogP contribution in [0.1, 0.15) is 11.5 Å². The summed E-state index contributed by atoms with van der Waals surface area (Å²) in [6.07, 6.45) is 3.07. The highest BCUT2D eigenvalue weighted by Crippen LogP contribution is 2.25. The number of furan rings is 1. The number of piperazine rings is 1. The normalized spacial score (nSPS) is 16.2. The lowest BCUT2D eigenvalue weighted by Gasteiger charge is -2.33. The zero-order chi connectivity index (χ0) is 19.7. The van der Waals surface area contributed by atoms with Crippen LogP contribution in [0.25, 0.3) is 17.1 Å². The molecule has 1 aliphatic rings. The summed E-state index contributed by atoms with van der Waals surface area (Å²) in [6, 6.07) is 8.56. The van der Waals surface area contributed by atoms with Crippen LogP contribution in [-0.2, 0) is 14.8 Å². The number of fused-ring (bicyclic) bond motifs is 1. The molecule has 3 aromatic rings. The molecule has 0 radical (unpaired) electrons. The highest BCUT2D eigenvalue weighted by atomic mass is 32.2. The number of aromatic nitrogens is 2. The molecule has 28 heavy (non-hydrogen) atoms. The largest absolute Gasteiger partial charge is 0.462 e. The van der Waals surface area contributed by atoms with Crippen LogP contribution < -0.4 is 0 Å². The molecule has 1 saturated heterocycles. The standard InChI is InChI=1S/C18H18N4O4S2/c1-13-5-6-14(26-13)7-8-17(23)21-9-11-22(12-10-21)28(24,25)16-4-2-3-15-18(16)20-27-19-15/h2-8H,9-12H2,1H3/b8-7+. The van der Waals surface area contributed by atoms with Crippen LogP contribution in [0, 0.1) is 6.92 Å². The van der Waals surface area contributed by atoms with E-state index < -0.39 is 10.0 Å². The van der Waals surface area contributed by atoms with E-state index in [4.69, 9.17) is 4.42 Å². The number of hydrogen-bond acceptors (Lipinski definition) is 7. The minimum Gasteiger partial charge on any atom is -0.462 e. The summed E-state index contributed by atoms with van der Waals surface area (Å²) in [7, 11) is -3.69. The molecule has 1 amide bonds. The Balaban J connectivity index is 1.44. The van der Waals surface area contributed by atoms with E-state index in [9.17, 15) is 13.2 Å². The molecular weight excluding hydrogens is 400 g/mol. The van der Waals surface area contributed by atoms with Crippen molar-refractivity contribution < 1.29 is 17.6 Å².